The lowest BCUT2D eigenvalue weighted by Gasteiger charge is -2.32. The van der Waals surface area contributed by atoms with E-state index in [9.17, 15) is 9.18 Å². The molecule has 26 heavy (non-hydrogen) atoms. The van der Waals surface area contributed by atoms with E-state index >= 15 is 0 Å². The standard InChI is InChI=1S/C17H20ClFN6O/c1-24-4-6-25(7-5-24)17(26)10-20-15-9-16(22-11-21-15)23-12-2-3-14(19)13(18)8-12/h2-3,8-9,11H,4-7,10H2,1H3,(H2,20,21,22,23). The van der Waals surface area contributed by atoms with E-state index in [0.29, 0.717) is 17.3 Å². The number of hydrogen-bond donors (Lipinski definition) is 2. The third-order valence-electron chi connectivity index (χ3n) is 4.14. The number of hydrogen-bond acceptors (Lipinski definition) is 6. The molecule has 0 atom stereocenters. The Balaban J connectivity index is 1.57. The van der Waals surface area contributed by atoms with Crippen molar-refractivity contribution in [1.82, 2.24) is 19.8 Å². The molecule has 1 aromatic heterocycles. The maximum Gasteiger partial charge on any atom is 0.242 e. The van der Waals surface area contributed by atoms with Gasteiger partial charge >= 0.3 is 0 Å². The van der Waals surface area contributed by atoms with Gasteiger partial charge in [0.25, 0.3) is 0 Å². The topological polar surface area (TPSA) is 73.4 Å². The van der Waals surface area contributed by atoms with Crippen LogP contribution < -0.4 is 10.6 Å². The van der Waals surface area contributed by atoms with E-state index in [4.69, 9.17) is 11.6 Å². The summed E-state index contributed by atoms with van der Waals surface area (Å²) in [4.78, 5) is 24.5. The molecule has 0 saturated carbocycles. The van der Waals surface area contributed by atoms with Crippen LogP contribution in [-0.2, 0) is 4.79 Å². The summed E-state index contributed by atoms with van der Waals surface area (Å²) < 4.78 is 13.2. The van der Waals surface area contributed by atoms with E-state index in [-0.39, 0.29) is 17.5 Å². The Morgan fingerprint density at radius 1 is 1.19 bits per heavy atom. The molecule has 1 aromatic carbocycles. The van der Waals surface area contributed by atoms with Gasteiger partial charge in [-0.05, 0) is 25.2 Å². The van der Waals surface area contributed by atoms with Gasteiger partial charge in [-0.3, -0.25) is 4.79 Å². The van der Waals surface area contributed by atoms with Gasteiger partial charge in [0, 0.05) is 37.9 Å². The summed E-state index contributed by atoms with van der Waals surface area (Å²) >= 11 is 5.77. The van der Waals surface area contributed by atoms with Crippen molar-refractivity contribution in [1.29, 1.82) is 0 Å². The van der Waals surface area contributed by atoms with Gasteiger partial charge in [0.15, 0.2) is 0 Å². The molecular formula is C17H20ClFN6O. The number of carbonyl (C=O) groups excluding carboxylic acids is 1. The quantitative estimate of drug-likeness (QED) is 0.831. The fraction of sp³-hybridized carbons (Fsp3) is 0.353. The molecule has 0 unspecified atom stereocenters. The van der Waals surface area contributed by atoms with Crippen LogP contribution in [0.1, 0.15) is 0 Å². The highest BCUT2D eigenvalue weighted by Gasteiger charge is 2.18. The van der Waals surface area contributed by atoms with E-state index in [1.165, 1.54) is 18.5 Å². The molecule has 9 heteroatoms. The summed E-state index contributed by atoms with van der Waals surface area (Å²) in [7, 11) is 2.05. The number of benzene rings is 1. The number of nitrogens with one attached hydrogen (secondary N) is 2. The molecule has 0 radical (unpaired) electrons. The van der Waals surface area contributed by atoms with E-state index in [0.717, 1.165) is 26.2 Å². The largest absolute Gasteiger partial charge is 0.361 e. The van der Waals surface area contributed by atoms with Crippen molar-refractivity contribution in [2.45, 2.75) is 0 Å². The molecule has 0 aliphatic carbocycles. The molecule has 138 valence electrons. The molecule has 2 heterocycles. The third kappa shape index (κ3) is 4.80. The minimum atomic E-state index is -0.482. The fourth-order valence-electron chi connectivity index (χ4n) is 2.58. The van der Waals surface area contributed by atoms with E-state index < -0.39 is 5.82 Å². The molecule has 1 saturated heterocycles. The monoisotopic (exact) mass is 378 g/mol. The Hall–Kier alpha value is -2.45. The van der Waals surface area contributed by atoms with E-state index in [1.807, 2.05) is 11.9 Å². The van der Waals surface area contributed by atoms with Gasteiger partial charge in [-0.1, -0.05) is 11.6 Å². The number of likely N-dealkylation sites (N-methyl/N-ethyl adjacent to an activating group) is 1. The lowest BCUT2D eigenvalue weighted by Crippen LogP contribution is -2.48. The number of piperazine rings is 1. The van der Waals surface area contributed by atoms with Gasteiger partial charge in [-0.25, -0.2) is 14.4 Å². The van der Waals surface area contributed by atoms with Gasteiger partial charge in [-0.2, -0.15) is 0 Å². The molecule has 1 amide bonds. The number of anilines is 3. The minimum absolute atomic E-state index is 0.0279. The first-order valence-electron chi connectivity index (χ1n) is 8.25. The van der Waals surface area contributed by atoms with Crippen LogP contribution in [0.15, 0.2) is 30.6 Å². The molecule has 7 nitrogen and oxygen atoms in total. The summed E-state index contributed by atoms with van der Waals surface area (Å²) in [6.45, 7) is 3.40. The van der Waals surface area contributed by atoms with Crippen molar-refractivity contribution in [3.63, 3.8) is 0 Å². The molecule has 1 fully saturated rings. The predicted molar refractivity (Wildman–Crippen MR) is 99.3 cm³/mol. The fourth-order valence-corrected chi connectivity index (χ4v) is 2.76. The van der Waals surface area contributed by atoms with Crippen LogP contribution in [0.4, 0.5) is 21.7 Å². The second-order valence-corrected chi connectivity index (χ2v) is 6.49. The first kappa shape index (κ1) is 18.3. The SMILES string of the molecule is CN1CCN(C(=O)CNc2cc(Nc3ccc(F)c(Cl)c3)ncn2)CC1. The van der Waals surface area contributed by atoms with Crippen LogP contribution in [-0.4, -0.2) is 65.4 Å². The third-order valence-corrected chi connectivity index (χ3v) is 4.43. The van der Waals surface area contributed by atoms with Crippen LogP contribution >= 0.6 is 11.6 Å². The Morgan fingerprint density at radius 2 is 1.92 bits per heavy atom. The van der Waals surface area contributed by atoms with Crippen molar-refractivity contribution >= 4 is 34.8 Å². The Labute approximate surface area is 156 Å². The van der Waals surface area contributed by atoms with Gasteiger partial charge in [0.2, 0.25) is 5.91 Å². The first-order valence-corrected chi connectivity index (χ1v) is 8.63. The Morgan fingerprint density at radius 3 is 2.65 bits per heavy atom. The summed E-state index contributed by atoms with van der Waals surface area (Å²) in [5, 5.41) is 6.07. The lowest BCUT2D eigenvalue weighted by atomic mass is 10.3. The molecule has 1 aliphatic heterocycles. The predicted octanol–water partition coefficient (Wildman–Crippen LogP) is 2.20. The molecule has 2 N–H and O–H groups in total. The number of halogens is 2. The highest BCUT2D eigenvalue weighted by atomic mass is 35.5. The average Bonchev–Trinajstić information content (AvgIpc) is 2.64. The summed E-state index contributed by atoms with van der Waals surface area (Å²) in [5.74, 6) is 0.594. The van der Waals surface area contributed by atoms with Crippen LogP contribution in [0.3, 0.4) is 0 Å². The van der Waals surface area contributed by atoms with Crippen molar-refractivity contribution in [2.24, 2.45) is 0 Å². The van der Waals surface area contributed by atoms with Crippen molar-refractivity contribution in [2.75, 3.05) is 50.4 Å². The molecule has 0 bridgehead atoms. The second kappa shape index (κ2) is 8.29. The zero-order valence-electron chi connectivity index (χ0n) is 14.4. The summed E-state index contributed by atoms with van der Waals surface area (Å²) in [5.41, 5.74) is 0.606. The van der Waals surface area contributed by atoms with Crippen LogP contribution in [0.2, 0.25) is 5.02 Å². The molecule has 2 aromatic rings. The normalized spacial score (nSPS) is 15.0. The van der Waals surface area contributed by atoms with Crippen molar-refractivity contribution < 1.29 is 9.18 Å². The first-order chi connectivity index (χ1) is 12.5. The zero-order valence-corrected chi connectivity index (χ0v) is 15.1. The second-order valence-electron chi connectivity index (χ2n) is 6.08. The molecule has 0 spiro atoms. The lowest BCUT2D eigenvalue weighted by molar-refractivity contribution is -0.130. The van der Waals surface area contributed by atoms with Gasteiger partial charge in [0.05, 0.1) is 11.6 Å². The molecule has 1 aliphatic rings. The molecular weight excluding hydrogens is 359 g/mol. The van der Waals surface area contributed by atoms with Crippen LogP contribution in [0.25, 0.3) is 0 Å². The number of nitrogens with zero attached hydrogens (tertiary/aromatic N) is 4. The molecule has 3 rings (SSSR count). The zero-order chi connectivity index (χ0) is 18.5. The maximum atomic E-state index is 13.2. The summed E-state index contributed by atoms with van der Waals surface area (Å²) in [6, 6.07) is 5.99. The number of rotatable bonds is 5. The Bertz CT molecular complexity index is 782. The summed E-state index contributed by atoms with van der Waals surface area (Å²) in [6.07, 6.45) is 1.39. The average molecular weight is 379 g/mol. The number of amides is 1. The van der Waals surface area contributed by atoms with E-state index in [1.54, 1.807) is 12.1 Å². The van der Waals surface area contributed by atoms with Crippen LogP contribution in [0.5, 0.6) is 0 Å². The van der Waals surface area contributed by atoms with Gasteiger partial charge < -0.3 is 20.4 Å². The number of carbonyl (C=O) groups is 1. The maximum absolute atomic E-state index is 13.2. The highest BCUT2D eigenvalue weighted by molar-refractivity contribution is 6.31. The van der Waals surface area contributed by atoms with Crippen molar-refractivity contribution in [3.05, 3.63) is 41.4 Å². The number of aromatic nitrogens is 2. The Kier molecular flexibility index (Phi) is 5.85. The van der Waals surface area contributed by atoms with Crippen LogP contribution in [0, 0.1) is 5.82 Å². The smallest absolute Gasteiger partial charge is 0.242 e. The van der Waals surface area contributed by atoms with Gasteiger partial charge in [-0.15, -0.1) is 0 Å². The highest BCUT2D eigenvalue weighted by Crippen LogP contribution is 2.22. The van der Waals surface area contributed by atoms with Gasteiger partial charge in [0.1, 0.15) is 23.8 Å². The van der Waals surface area contributed by atoms with Crippen molar-refractivity contribution in [3.8, 4) is 0 Å². The minimum Gasteiger partial charge on any atom is -0.361 e. The van der Waals surface area contributed by atoms with E-state index in [2.05, 4.69) is 25.5 Å².